The van der Waals surface area contributed by atoms with Crippen molar-refractivity contribution in [3.8, 4) is 0 Å². The molecule has 0 bridgehead atoms. The first-order valence-corrected chi connectivity index (χ1v) is 10.3. The van der Waals surface area contributed by atoms with E-state index in [0.29, 0.717) is 0 Å². The fourth-order valence-corrected chi connectivity index (χ4v) is 4.20. The molecule has 148 valence electrons. The van der Waals surface area contributed by atoms with Gasteiger partial charge < -0.3 is 15.1 Å². The molecular formula is C22H33N3O2. The van der Waals surface area contributed by atoms with Crippen molar-refractivity contribution in [2.24, 2.45) is 5.92 Å². The van der Waals surface area contributed by atoms with Crippen LogP contribution in [-0.2, 0) is 4.79 Å². The number of carbonyl (C=O) groups is 2. The van der Waals surface area contributed by atoms with E-state index in [1.54, 1.807) is 0 Å². The van der Waals surface area contributed by atoms with Gasteiger partial charge in [0.1, 0.15) is 0 Å². The molecule has 3 rings (SSSR count). The number of nitrogens with zero attached hydrogens (tertiary/aromatic N) is 2. The average Bonchev–Trinajstić information content (AvgIpc) is 3.14. The van der Waals surface area contributed by atoms with Gasteiger partial charge in [0, 0.05) is 31.6 Å². The minimum absolute atomic E-state index is 0.0412. The Bertz CT molecular complexity index is 693. The van der Waals surface area contributed by atoms with Crippen LogP contribution < -0.4 is 5.32 Å². The van der Waals surface area contributed by atoms with E-state index in [4.69, 9.17) is 0 Å². The van der Waals surface area contributed by atoms with E-state index in [-0.39, 0.29) is 29.9 Å². The Morgan fingerprint density at radius 3 is 2.37 bits per heavy atom. The quantitative estimate of drug-likeness (QED) is 0.879. The maximum atomic E-state index is 12.9. The maximum absolute atomic E-state index is 12.9. The number of nitrogens with one attached hydrogen (secondary N) is 1. The zero-order valence-electron chi connectivity index (χ0n) is 17.1. The number of aryl methyl sites for hydroxylation is 2. The molecule has 1 aromatic carbocycles. The van der Waals surface area contributed by atoms with E-state index in [0.717, 1.165) is 45.3 Å². The molecule has 1 unspecified atom stereocenters. The summed E-state index contributed by atoms with van der Waals surface area (Å²) < 4.78 is 0. The molecule has 5 heteroatoms. The first-order chi connectivity index (χ1) is 12.9. The normalized spacial score (nSPS) is 21.0. The molecule has 1 N–H and O–H groups in total. The molecule has 3 amide bonds. The van der Waals surface area contributed by atoms with E-state index < -0.39 is 0 Å². The predicted octanol–water partition coefficient (Wildman–Crippen LogP) is 3.80. The number of hydrogen-bond acceptors (Lipinski definition) is 2. The molecule has 0 aliphatic carbocycles. The monoisotopic (exact) mass is 371 g/mol. The number of amides is 3. The van der Waals surface area contributed by atoms with Gasteiger partial charge in [0.2, 0.25) is 5.91 Å². The first-order valence-electron chi connectivity index (χ1n) is 10.3. The van der Waals surface area contributed by atoms with Gasteiger partial charge >= 0.3 is 6.03 Å². The molecule has 2 aliphatic heterocycles. The van der Waals surface area contributed by atoms with Gasteiger partial charge in [0.25, 0.3) is 0 Å². The standard InChI is InChI=1S/C22H33N3O2/c1-15(2)21(26)24-12-9-19(10-13-24)23-22(27)25-11-5-6-20(25)18-8-7-16(3)17(4)14-18/h7-8,14-15,19-20H,5-6,9-13H2,1-4H3,(H,23,27). The third-order valence-electron chi connectivity index (χ3n) is 6.06. The van der Waals surface area contributed by atoms with Crippen molar-refractivity contribution in [1.82, 2.24) is 15.1 Å². The van der Waals surface area contributed by atoms with Gasteiger partial charge in [-0.05, 0) is 56.2 Å². The number of piperidine rings is 1. The number of urea groups is 1. The maximum Gasteiger partial charge on any atom is 0.318 e. The van der Waals surface area contributed by atoms with Crippen LogP contribution in [0.25, 0.3) is 0 Å². The van der Waals surface area contributed by atoms with Crippen molar-refractivity contribution in [3.05, 3.63) is 34.9 Å². The summed E-state index contributed by atoms with van der Waals surface area (Å²) in [6, 6.07) is 6.92. The zero-order valence-corrected chi connectivity index (χ0v) is 17.1. The summed E-state index contributed by atoms with van der Waals surface area (Å²) in [6.45, 7) is 10.4. The Labute approximate surface area is 163 Å². The van der Waals surface area contributed by atoms with E-state index in [2.05, 4.69) is 37.4 Å². The fourth-order valence-electron chi connectivity index (χ4n) is 4.20. The average molecular weight is 372 g/mol. The van der Waals surface area contributed by atoms with Crippen molar-refractivity contribution >= 4 is 11.9 Å². The zero-order chi connectivity index (χ0) is 19.6. The van der Waals surface area contributed by atoms with Gasteiger partial charge in [-0.2, -0.15) is 0 Å². The van der Waals surface area contributed by atoms with Gasteiger partial charge in [-0.1, -0.05) is 32.0 Å². The lowest BCUT2D eigenvalue weighted by Crippen LogP contribution is -2.50. The molecule has 2 saturated heterocycles. The highest BCUT2D eigenvalue weighted by molar-refractivity contribution is 5.78. The third kappa shape index (κ3) is 4.45. The topological polar surface area (TPSA) is 52.7 Å². The van der Waals surface area contributed by atoms with Crippen LogP contribution in [0, 0.1) is 19.8 Å². The van der Waals surface area contributed by atoms with Gasteiger partial charge in [-0.3, -0.25) is 4.79 Å². The smallest absolute Gasteiger partial charge is 0.318 e. The van der Waals surface area contributed by atoms with Crippen molar-refractivity contribution in [3.63, 3.8) is 0 Å². The second-order valence-electron chi connectivity index (χ2n) is 8.40. The van der Waals surface area contributed by atoms with Crippen molar-refractivity contribution in [1.29, 1.82) is 0 Å². The molecule has 1 atom stereocenters. The van der Waals surface area contributed by atoms with Crippen molar-refractivity contribution in [2.45, 2.75) is 65.5 Å². The van der Waals surface area contributed by atoms with Crippen LogP contribution in [-0.4, -0.2) is 47.4 Å². The van der Waals surface area contributed by atoms with Crippen LogP contribution in [0.2, 0.25) is 0 Å². The molecule has 0 saturated carbocycles. The molecule has 2 fully saturated rings. The van der Waals surface area contributed by atoms with Crippen LogP contribution >= 0.6 is 0 Å². The van der Waals surface area contributed by atoms with Crippen LogP contribution in [0.3, 0.4) is 0 Å². The highest BCUT2D eigenvalue weighted by Crippen LogP contribution is 2.33. The number of hydrogen-bond donors (Lipinski definition) is 1. The first kappa shape index (κ1) is 19.7. The van der Waals surface area contributed by atoms with E-state index in [1.165, 1.54) is 16.7 Å². The van der Waals surface area contributed by atoms with Crippen LogP contribution in [0.4, 0.5) is 4.79 Å². The molecular weight excluding hydrogens is 338 g/mol. The number of likely N-dealkylation sites (tertiary alicyclic amines) is 2. The second-order valence-corrected chi connectivity index (χ2v) is 8.40. The summed E-state index contributed by atoms with van der Waals surface area (Å²) in [5, 5.41) is 3.22. The van der Waals surface area contributed by atoms with Gasteiger partial charge in [0.15, 0.2) is 0 Å². The number of rotatable bonds is 3. The summed E-state index contributed by atoms with van der Waals surface area (Å²) in [4.78, 5) is 29.0. The van der Waals surface area contributed by atoms with E-state index in [9.17, 15) is 9.59 Å². The summed E-state index contributed by atoms with van der Waals surface area (Å²) in [5.41, 5.74) is 3.81. The number of benzene rings is 1. The molecule has 0 aromatic heterocycles. The SMILES string of the molecule is Cc1ccc(C2CCCN2C(=O)NC2CCN(C(=O)C(C)C)CC2)cc1C. The predicted molar refractivity (Wildman–Crippen MR) is 108 cm³/mol. The number of carbonyl (C=O) groups excluding carboxylic acids is 2. The Hall–Kier alpha value is -2.04. The van der Waals surface area contributed by atoms with Crippen LogP contribution in [0.1, 0.15) is 62.3 Å². The van der Waals surface area contributed by atoms with Gasteiger partial charge in [-0.25, -0.2) is 4.79 Å². The minimum Gasteiger partial charge on any atom is -0.342 e. The lowest BCUT2D eigenvalue weighted by Gasteiger charge is -2.35. The van der Waals surface area contributed by atoms with Crippen molar-refractivity contribution in [2.75, 3.05) is 19.6 Å². The molecule has 5 nitrogen and oxygen atoms in total. The third-order valence-corrected chi connectivity index (χ3v) is 6.06. The molecule has 2 heterocycles. The molecule has 1 aromatic rings. The van der Waals surface area contributed by atoms with Crippen molar-refractivity contribution < 1.29 is 9.59 Å². The summed E-state index contributed by atoms with van der Waals surface area (Å²) in [7, 11) is 0. The lowest BCUT2D eigenvalue weighted by atomic mass is 9.99. The fraction of sp³-hybridized carbons (Fsp3) is 0.636. The minimum atomic E-state index is 0.0412. The lowest BCUT2D eigenvalue weighted by molar-refractivity contribution is -0.135. The largest absolute Gasteiger partial charge is 0.342 e. The van der Waals surface area contributed by atoms with E-state index >= 15 is 0 Å². The van der Waals surface area contributed by atoms with Gasteiger partial charge in [0.05, 0.1) is 6.04 Å². The Morgan fingerprint density at radius 1 is 1.04 bits per heavy atom. The second kappa shape index (κ2) is 8.32. The summed E-state index contributed by atoms with van der Waals surface area (Å²) >= 11 is 0. The Morgan fingerprint density at radius 2 is 1.74 bits per heavy atom. The summed E-state index contributed by atoms with van der Waals surface area (Å²) in [5.74, 6) is 0.258. The Kier molecular flexibility index (Phi) is 6.08. The highest BCUT2D eigenvalue weighted by Gasteiger charge is 2.32. The molecule has 0 spiro atoms. The van der Waals surface area contributed by atoms with E-state index in [1.807, 2.05) is 23.6 Å². The van der Waals surface area contributed by atoms with Crippen LogP contribution in [0.15, 0.2) is 18.2 Å². The molecule has 0 radical (unpaired) electrons. The Balaban J connectivity index is 1.57. The molecule has 27 heavy (non-hydrogen) atoms. The summed E-state index contributed by atoms with van der Waals surface area (Å²) in [6.07, 6.45) is 3.75. The van der Waals surface area contributed by atoms with Gasteiger partial charge in [-0.15, -0.1) is 0 Å². The highest BCUT2D eigenvalue weighted by atomic mass is 16.2. The molecule has 2 aliphatic rings. The van der Waals surface area contributed by atoms with Crippen LogP contribution in [0.5, 0.6) is 0 Å².